The van der Waals surface area contributed by atoms with E-state index in [-0.39, 0.29) is 11.7 Å². The summed E-state index contributed by atoms with van der Waals surface area (Å²) in [5.74, 6) is 2.16. The minimum atomic E-state index is -0.254. The van der Waals surface area contributed by atoms with Crippen LogP contribution < -0.4 is 4.74 Å². The van der Waals surface area contributed by atoms with E-state index in [1.807, 2.05) is 58.8 Å². The molecule has 168 valence electrons. The van der Waals surface area contributed by atoms with Gasteiger partial charge >= 0.3 is 0 Å². The molecule has 0 saturated heterocycles. The van der Waals surface area contributed by atoms with Crippen LogP contribution >= 0.6 is 15.9 Å². The Bertz CT molecular complexity index is 1340. The average Bonchev–Trinajstić information content (AvgIpc) is 3.43. The molecule has 1 aliphatic heterocycles. The summed E-state index contributed by atoms with van der Waals surface area (Å²) in [4.78, 5) is 9.09. The predicted molar refractivity (Wildman–Crippen MR) is 129 cm³/mol. The van der Waals surface area contributed by atoms with Gasteiger partial charge in [-0.15, -0.1) is 0 Å². The molecule has 33 heavy (non-hydrogen) atoms. The van der Waals surface area contributed by atoms with Gasteiger partial charge in [0.15, 0.2) is 5.82 Å². The van der Waals surface area contributed by atoms with Gasteiger partial charge in [-0.2, -0.15) is 5.10 Å². The number of halogens is 2. The van der Waals surface area contributed by atoms with Crippen LogP contribution in [-0.2, 0) is 6.54 Å². The fourth-order valence-corrected chi connectivity index (χ4v) is 4.88. The summed E-state index contributed by atoms with van der Waals surface area (Å²) in [5, 5.41) is 4.69. The Labute approximate surface area is 199 Å². The van der Waals surface area contributed by atoms with Crippen molar-refractivity contribution in [3.05, 3.63) is 87.7 Å². The van der Waals surface area contributed by atoms with Crippen LogP contribution in [0.4, 0.5) is 4.39 Å². The number of nitrogens with zero attached hydrogens (tertiary/aromatic N) is 5. The van der Waals surface area contributed by atoms with Gasteiger partial charge in [0.25, 0.3) is 0 Å². The van der Waals surface area contributed by atoms with Gasteiger partial charge in [0.1, 0.15) is 17.4 Å². The molecular weight excluding hydrogens is 485 g/mol. The lowest BCUT2D eigenvalue weighted by molar-refractivity contribution is 0.413. The van der Waals surface area contributed by atoms with Crippen molar-refractivity contribution in [1.82, 2.24) is 24.3 Å². The van der Waals surface area contributed by atoms with E-state index in [0.29, 0.717) is 5.82 Å². The van der Waals surface area contributed by atoms with Gasteiger partial charge in [-0.3, -0.25) is 0 Å². The highest BCUT2D eigenvalue weighted by atomic mass is 79.9. The number of fused-ring (bicyclic) bond motifs is 1. The summed E-state index contributed by atoms with van der Waals surface area (Å²) in [6, 6.07) is 10.9. The Kier molecular flexibility index (Phi) is 5.85. The molecule has 0 spiro atoms. The summed E-state index contributed by atoms with van der Waals surface area (Å²) in [5.41, 5.74) is 3.90. The van der Waals surface area contributed by atoms with Crippen LogP contribution in [0.2, 0.25) is 0 Å². The van der Waals surface area contributed by atoms with Crippen molar-refractivity contribution in [1.29, 1.82) is 0 Å². The number of rotatable bonds is 5. The van der Waals surface area contributed by atoms with E-state index in [2.05, 4.69) is 26.0 Å². The quantitative estimate of drug-likeness (QED) is 0.343. The van der Waals surface area contributed by atoms with E-state index in [9.17, 15) is 4.39 Å². The van der Waals surface area contributed by atoms with Gasteiger partial charge in [-0.25, -0.2) is 19.0 Å². The molecule has 0 radical (unpaired) electrons. The monoisotopic (exact) mass is 507 g/mol. The van der Waals surface area contributed by atoms with E-state index in [1.54, 1.807) is 13.4 Å². The molecule has 0 N–H and O–H groups in total. The number of ether oxygens (including phenoxy) is 1. The number of aryl methyl sites for hydroxylation is 2. The van der Waals surface area contributed by atoms with Crippen molar-refractivity contribution in [2.24, 2.45) is 0 Å². The first-order chi connectivity index (χ1) is 16.0. The van der Waals surface area contributed by atoms with Crippen molar-refractivity contribution in [3.63, 3.8) is 0 Å². The van der Waals surface area contributed by atoms with Crippen LogP contribution in [0.15, 0.2) is 53.4 Å². The van der Waals surface area contributed by atoms with E-state index in [1.165, 1.54) is 12.1 Å². The van der Waals surface area contributed by atoms with Crippen LogP contribution in [0.25, 0.3) is 17.8 Å². The fraction of sp³-hybridized carbons (Fsp3) is 0.240. The van der Waals surface area contributed by atoms with Gasteiger partial charge in [-0.05, 0) is 61.2 Å². The van der Waals surface area contributed by atoms with Gasteiger partial charge < -0.3 is 9.30 Å². The normalized spacial score (nSPS) is 15.7. The maximum atomic E-state index is 13.6. The maximum Gasteiger partial charge on any atom is 0.174 e. The molecule has 0 amide bonds. The third kappa shape index (κ3) is 4.35. The maximum absolute atomic E-state index is 13.6. The molecule has 4 aromatic rings. The van der Waals surface area contributed by atoms with E-state index >= 15 is 0 Å². The Morgan fingerprint density at radius 3 is 2.82 bits per heavy atom. The number of aromatic nitrogens is 5. The molecule has 0 saturated carbocycles. The molecule has 8 heteroatoms. The van der Waals surface area contributed by atoms with E-state index in [4.69, 9.17) is 9.72 Å². The molecule has 0 fully saturated rings. The summed E-state index contributed by atoms with van der Waals surface area (Å²) in [7, 11) is 1.66. The topological polar surface area (TPSA) is 57.8 Å². The predicted octanol–water partition coefficient (Wildman–Crippen LogP) is 5.78. The molecule has 6 nitrogen and oxygen atoms in total. The lowest BCUT2D eigenvalue weighted by atomic mass is 9.91. The van der Waals surface area contributed by atoms with Crippen LogP contribution in [0.3, 0.4) is 0 Å². The largest absolute Gasteiger partial charge is 0.495 e. The van der Waals surface area contributed by atoms with Gasteiger partial charge in [0.05, 0.1) is 24.8 Å². The number of hydrogen-bond donors (Lipinski definition) is 0. The van der Waals surface area contributed by atoms with E-state index in [0.717, 1.165) is 57.9 Å². The summed E-state index contributed by atoms with van der Waals surface area (Å²) in [6.45, 7) is 2.79. The molecule has 1 unspecified atom stereocenters. The SMILES string of the molecule is COc1cc(C=Cc2nc3n(n2)CCCC3c2ccc(F)cc2Br)ccc1-n1cnc(C)c1. The zero-order chi connectivity index (χ0) is 22.9. The summed E-state index contributed by atoms with van der Waals surface area (Å²) < 4.78 is 23.8. The molecule has 3 heterocycles. The fourth-order valence-electron chi connectivity index (χ4n) is 4.25. The number of imidazole rings is 1. The molecule has 1 atom stereocenters. The smallest absolute Gasteiger partial charge is 0.174 e. The van der Waals surface area contributed by atoms with Crippen molar-refractivity contribution in [2.75, 3.05) is 7.11 Å². The first-order valence-corrected chi connectivity index (χ1v) is 11.6. The number of benzene rings is 2. The third-order valence-corrected chi connectivity index (χ3v) is 6.53. The molecule has 2 aromatic heterocycles. The third-order valence-electron chi connectivity index (χ3n) is 5.85. The van der Waals surface area contributed by atoms with Crippen LogP contribution in [-0.4, -0.2) is 31.4 Å². The zero-order valence-corrected chi connectivity index (χ0v) is 20.0. The van der Waals surface area contributed by atoms with Crippen molar-refractivity contribution >= 4 is 28.1 Å². The van der Waals surface area contributed by atoms with Gasteiger partial charge in [-0.1, -0.05) is 34.1 Å². The molecule has 5 rings (SSSR count). The van der Waals surface area contributed by atoms with Crippen molar-refractivity contribution < 1.29 is 9.13 Å². The Morgan fingerprint density at radius 1 is 1.18 bits per heavy atom. The Hall–Kier alpha value is -3.26. The molecule has 0 aliphatic carbocycles. The number of methoxy groups -OCH3 is 1. The van der Waals surface area contributed by atoms with Crippen LogP contribution in [0, 0.1) is 12.7 Å². The summed E-state index contributed by atoms with van der Waals surface area (Å²) in [6.07, 6.45) is 9.59. The molecular formula is C25H23BrFN5O. The van der Waals surface area contributed by atoms with Gasteiger partial charge in [0, 0.05) is 23.1 Å². The van der Waals surface area contributed by atoms with Crippen LogP contribution in [0.5, 0.6) is 5.75 Å². The lowest BCUT2D eigenvalue weighted by Crippen LogP contribution is -2.18. The first-order valence-electron chi connectivity index (χ1n) is 10.8. The van der Waals surface area contributed by atoms with Crippen LogP contribution in [0.1, 0.15) is 47.2 Å². The minimum Gasteiger partial charge on any atom is -0.495 e. The second-order valence-corrected chi connectivity index (χ2v) is 8.95. The van der Waals surface area contributed by atoms with Crippen molar-refractivity contribution in [2.45, 2.75) is 32.2 Å². The first kappa shape index (κ1) is 21.6. The molecule has 2 aromatic carbocycles. The molecule has 0 bridgehead atoms. The highest BCUT2D eigenvalue weighted by Gasteiger charge is 2.27. The number of hydrogen-bond acceptors (Lipinski definition) is 4. The molecule has 1 aliphatic rings. The van der Waals surface area contributed by atoms with E-state index < -0.39 is 0 Å². The van der Waals surface area contributed by atoms with Crippen molar-refractivity contribution in [3.8, 4) is 11.4 Å². The minimum absolute atomic E-state index is 0.0846. The Balaban J connectivity index is 1.42. The van der Waals surface area contributed by atoms with Gasteiger partial charge in [0.2, 0.25) is 0 Å². The summed E-state index contributed by atoms with van der Waals surface area (Å²) >= 11 is 3.51. The highest BCUT2D eigenvalue weighted by Crippen LogP contribution is 2.36. The Morgan fingerprint density at radius 2 is 2.06 bits per heavy atom. The lowest BCUT2D eigenvalue weighted by Gasteiger charge is -2.23. The standard InChI is InChI=1S/C25H23BrFN5O/c1-16-14-31(15-28-16)22-9-5-17(12-23(22)33-2)6-10-24-29-25-20(4-3-11-32(25)30-24)19-8-7-18(27)13-21(19)26/h5-10,12-15,20H,3-4,11H2,1-2H3. The second kappa shape index (κ2) is 8.94. The zero-order valence-electron chi connectivity index (χ0n) is 18.4. The second-order valence-electron chi connectivity index (χ2n) is 8.10. The average molecular weight is 508 g/mol. The highest BCUT2D eigenvalue weighted by molar-refractivity contribution is 9.10.